The highest BCUT2D eigenvalue weighted by Crippen LogP contribution is 2.31. The van der Waals surface area contributed by atoms with Crippen LogP contribution in [0.4, 0.5) is 4.79 Å². The lowest BCUT2D eigenvalue weighted by atomic mass is 9.95. The summed E-state index contributed by atoms with van der Waals surface area (Å²) in [5, 5.41) is 7.01. The molecular weight excluding hydrogens is 351 g/mol. The molecule has 0 unspecified atom stereocenters. The fraction of sp³-hybridized carbons (Fsp3) is 0.500. The van der Waals surface area contributed by atoms with E-state index in [1.54, 1.807) is 6.07 Å². The number of nitrogens with one attached hydrogen (secondary N) is 2. The topological polar surface area (TPSA) is 59.6 Å². The third-order valence-corrected chi connectivity index (χ3v) is 4.12. The molecule has 5 nitrogen and oxygen atoms in total. The van der Waals surface area contributed by atoms with Crippen molar-refractivity contribution in [2.45, 2.75) is 6.10 Å². The molecule has 1 aliphatic heterocycles. The van der Waals surface area contributed by atoms with E-state index in [1.165, 1.54) is 7.11 Å². The van der Waals surface area contributed by atoms with Crippen LogP contribution in [0.25, 0.3) is 0 Å². The molecule has 0 spiro atoms. The van der Waals surface area contributed by atoms with Crippen molar-refractivity contribution in [3.8, 4) is 0 Å². The maximum absolute atomic E-state index is 11.2. The first-order valence-corrected chi connectivity index (χ1v) is 7.46. The van der Waals surface area contributed by atoms with Crippen LogP contribution in [0.3, 0.4) is 0 Å². The second-order valence-corrected chi connectivity index (χ2v) is 5.62. The van der Waals surface area contributed by atoms with Crippen LogP contribution in [-0.4, -0.2) is 39.4 Å². The maximum atomic E-state index is 11.2. The van der Waals surface area contributed by atoms with E-state index < -0.39 is 6.09 Å². The van der Waals surface area contributed by atoms with Gasteiger partial charge in [-0.2, -0.15) is 0 Å². The monoisotopic (exact) mass is 368 g/mol. The Labute approximate surface area is 146 Å². The average Bonchev–Trinajstić information content (AvgIpc) is 2.73. The predicted molar refractivity (Wildman–Crippen MR) is 89.2 cm³/mol. The number of carbonyl (C=O) groups is 1. The Balaban J connectivity index is 0.00000242. The smallest absolute Gasteiger partial charge is 0.406 e. The molecule has 8 heteroatoms. The predicted octanol–water partition coefficient (Wildman–Crippen LogP) is 3.05. The van der Waals surface area contributed by atoms with E-state index in [0.29, 0.717) is 23.2 Å². The fourth-order valence-electron chi connectivity index (χ4n) is 2.31. The number of amides is 1. The third-order valence-electron chi connectivity index (χ3n) is 3.38. The highest BCUT2D eigenvalue weighted by atomic mass is 35.5. The van der Waals surface area contributed by atoms with E-state index in [0.717, 1.165) is 18.7 Å². The van der Waals surface area contributed by atoms with Crippen molar-refractivity contribution in [1.82, 2.24) is 10.6 Å². The number of methoxy groups -OCH3 is 1. The number of ether oxygens (including phenoxy) is 2. The summed E-state index contributed by atoms with van der Waals surface area (Å²) in [6.07, 6.45) is -0.612. The minimum Gasteiger partial charge on any atom is -0.453 e. The fourth-order valence-corrected chi connectivity index (χ4v) is 2.62. The van der Waals surface area contributed by atoms with Crippen LogP contribution < -0.4 is 10.6 Å². The Bertz CT molecular complexity index is 502. The summed E-state index contributed by atoms with van der Waals surface area (Å²) < 4.78 is 10.5. The molecule has 0 saturated carbocycles. The number of hydrogen-bond acceptors (Lipinski definition) is 4. The number of halogens is 3. The quantitative estimate of drug-likeness (QED) is 0.860. The van der Waals surface area contributed by atoms with Crippen molar-refractivity contribution in [1.29, 1.82) is 0 Å². The van der Waals surface area contributed by atoms with Gasteiger partial charge in [-0.15, -0.1) is 12.4 Å². The average molecular weight is 370 g/mol. The molecular formula is C14H19Cl3N2O3. The number of carbonyl (C=O) groups excluding carboxylic acids is 1. The molecule has 1 aromatic rings. The van der Waals surface area contributed by atoms with Crippen molar-refractivity contribution >= 4 is 41.7 Å². The molecule has 22 heavy (non-hydrogen) atoms. The van der Waals surface area contributed by atoms with Gasteiger partial charge in [0.05, 0.1) is 29.9 Å². The molecule has 2 N–H and O–H groups in total. The zero-order valence-electron chi connectivity index (χ0n) is 12.1. The standard InChI is InChI=1S/C14H18Cl2N2O3.ClH/c1-20-14(19)18-8-10-7-17-4-5-21-13(10)9-2-3-11(15)12(16)6-9;/h2-3,6,10,13,17H,4-5,7-8H2,1H3,(H,18,19);1H/t10-,13-;/m0./s1. The van der Waals surface area contributed by atoms with E-state index in [1.807, 2.05) is 12.1 Å². The van der Waals surface area contributed by atoms with Crippen LogP contribution >= 0.6 is 35.6 Å². The summed E-state index contributed by atoms with van der Waals surface area (Å²) in [6.45, 7) is 2.55. The van der Waals surface area contributed by atoms with Crippen LogP contribution in [0.15, 0.2) is 18.2 Å². The van der Waals surface area contributed by atoms with Gasteiger partial charge >= 0.3 is 6.09 Å². The van der Waals surface area contributed by atoms with Crippen LogP contribution in [0.1, 0.15) is 11.7 Å². The van der Waals surface area contributed by atoms with Gasteiger partial charge in [0.1, 0.15) is 0 Å². The van der Waals surface area contributed by atoms with Gasteiger partial charge in [-0.3, -0.25) is 0 Å². The Hall–Kier alpha value is -0.720. The van der Waals surface area contributed by atoms with Gasteiger partial charge in [0, 0.05) is 25.6 Å². The van der Waals surface area contributed by atoms with Crippen molar-refractivity contribution in [3.05, 3.63) is 33.8 Å². The molecule has 0 aliphatic carbocycles. The highest BCUT2D eigenvalue weighted by Gasteiger charge is 2.27. The van der Waals surface area contributed by atoms with E-state index in [4.69, 9.17) is 27.9 Å². The minimum absolute atomic E-state index is 0. The molecule has 0 bridgehead atoms. The second kappa shape index (κ2) is 9.43. The number of hydrogen-bond donors (Lipinski definition) is 2. The van der Waals surface area contributed by atoms with Gasteiger partial charge in [-0.05, 0) is 17.7 Å². The Morgan fingerprint density at radius 3 is 2.91 bits per heavy atom. The summed E-state index contributed by atoms with van der Waals surface area (Å²) in [5.74, 6) is 0.0730. The Morgan fingerprint density at radius 1 is 1.45 bits per heavy atom. The van der Waals surface area contributed by atoms with Crippen molar-refractivity contribution in [2.24, 2.45) is 5.92 Å². The first-order chi connectivity index (χ1) is 10.1. The summed E-state index contributed by atoms with van der Waals surface area (Å²) in [4.78, 5) is 11.2. The Kier molecular flexibility index (Phi) is 8.28. The molecule has 1 saturated heterocycles. The summed E-state index contributed by atoms with van der Waals surface area (Å²) in [7, 11) is 1.34. The van der Waals surface area contributed by atoms with Gasteiger partial charge in [0.25, 0.3) is 0 Å². The third kappa shape index (κ3) is 5.18. The van der Waals surface area contributed by atoms with E-state index >= 15 is 0 Å². The lowest BCUT2D eigenvalue weighted by molar-refractivity contribution is 0.0307. The number of alkyl carbamates (subject to hydrolysis) is 1. The molecule has 1 aliphatic rings. The van der Waals surface area contributed by atoms with Crippen molar-refractivity contribution in [3.63, 3.8) is 0 Å². The van der Waals surface area contributed by atoms with E-state index in [9.17, 15) is 4.79 Å². The first kappa shape index (κ1) is 19.3. The van der Waals surface area contributed by atoms with Crippen LogP contribution in [-0.2, 0) is 9.47 Å². The molecule has 1 amide bonds. The largest absolute Gasteiger partial charge is 0.453 e. The highest BCUT2D eigenvalue weighted by molar-refractivity contribution is 6.42. The van der Waals surface area contributed by atoms with Crippen molar-refractivity contribution in [2.75, 3.05) is 33.4 Å². The van der Waals surface area contributed by atoms with Gasteiger partial charge in [-0.1, -0.05) is 29.3 Å². The molecule has 0 radical (unpaired) electrons. The number of benzene rings is 1. The number of rotatable bonds is 3. The summed E-state index contributed by atoms with van der Waals surface area (Å²) in [6, 6.07) is 5.46. The molecule has 1 aromatic carbocycles. The molecule has 2 rings (SSSR count). The van der Waals surface area contributed by atoms with Crippen LogP contribution in [0, 0.1) is 5.92 Å². The minimum atomic E-state index is -0.452. The summed E-state index contributed by atoms with van der Waals surface area (Å²) >= 11 is 12.0. The van der Waals surface area contributed by atoms with Crippen molar-refractivity contribution < 1.29 is 14.3 Å². The SMILES string of the molecule is COC(=O)NC[C@@H]1CNCCO[C@H]1c1ccc(Cl)c(Cl)c1.Cl. The molecule has 1 heterocycles. The van der Waals surface area contributed by atoms with E-state index in [2.05, 4.69) is 15.4 Å². The lowest BCUT2D eigenvalue weighted by Crippen LogP contribution is -2.36. The second-order valence-electron chi connectivity index (χ2n) is 4.80. The molecule has 1 fully saturated rings. The van der Waals surface area contributed by atoms with Gasteiger partial charge in [-0.25, -0.2) is 4.79 Å². The molecule has 0 aromatic heterocycles. The van der Waals surface area contributed by atoms with Gasteiger partial charge in [0.15, 0.2) is 0 Å². The Morgan fingerprint density at radius 2 is 2.23 bits per heavy atom. The summed E-state index contributed by atoms with van der Waals surface area (Å²) in [5.41, 5.74) is 0.949. The first-order valence-electron chi connectivity index (χ1n) is 6.71. The van der Waals surface area contributed by atoms with Crippen LogP contribution in [0.2, 0.25) is 10.0 Å². The zero-order chi connectivity index (χ0) is 15.2. The normalized spacial score (nSPS) is 21.4. The maximum Gasteiger partial charge on any atom is 0.406 e. The molecule has 124 valence electrons. The molecule has 2 atom stereocenters. The van der Waals surface area contributed by atoms with Gasteiger partial charge in [0.2, 0.25) is 0 Å². The van der Waals surface area contributed by atoms with E-state index in [-0.39, 0.29) is 24.4 Å². The zero-order valence-corrected chi connectivity index (χ0v) is 14.4. The lowest BCUT2D eigenvalue weighted by Gasteiger charge is -2.25. The van der Waals surface area contributed by atoms with Gasteiger partial charge < -0.3 is 20.1 Å². The van der Waals surface area contributed by atoms with Crippen LogP contribution in [0.5, 0.6) is 0 Å².